The summed E-state index contributed by atoms with van der Waals surface area (Å²) in [5, 5.41) is 0. The molecule has 0 unspecified atom stereocenters. The van der Waals surface area contributed by atoms with Crippen LogP contribution >= 0.6 is 0 Å². The number of alkyl halides is 3. The average molecular weight is 729 g/mol. The molecule has 0 aliphatic rings. The molecule has 0 bridgehead atoms. The Balaban J connectivity index is 3.89. The van der Waals surface area contributed by atoms with Gasteiger partial charge in [0.2, 0.25) is 0 Å². The molecule has 0 aliphatic carbocycles. The van der Waals surface area contributed by atoms with Gasteiger partial charge in [0.05, 0.1) is 13.2 Å². The molecule has 0 fully saturated rings. The van der Waals surface area contributed by atoms with Gasteiger partial charge in [0.1, 0.15) is 6.10 Å². The molecule has 0 spiro atoms. The van der Waals surface area contributed by atoms with Crippen LogP contribution in [0.3, 0.4) is 0 Å². The maximum atomic E-state index is 12.7. The molecule has 0 amide bonds. The summed E-state index contributed by atoms with van der Waals surface area (Å²) in [7, 11) is -5.65. The second-order valence-corrected chi connectivity index (χ2v) is 16.0. The molecule has 0 N–H and O–H groups in total. The van der Waals surface area contributed by atoms with Crippen LogP contribution in [0.25, 0.3) is 0 Å². The van der Waals surface area contributed by atoms with Crippen molar-refractivity contribution in [2.24, 2.45) is 0 Å². The monoisotopic (exact) mass is 729 g/mol. The quantitative estimate of drug-likeness (QED) is 0.0357. The first-order valence-electron chi connectivity index (χ1n) is 20.9. The van der Waals surface area contributed by atoms with Gasteiger partial charge in [0.15, 0.2) is 0 Å². The zero-order valence-electron chi connectivity index (χ0n) is 32.1. The second-order valence-electron chi connectivity index (χ2n) is 14.4. The predicted octanol–water partition coefficient (Wildman–Crippen LogP) is 13.8. The highest BCUT2D eigenvalue weighted by Crippen LogP contribution is 2.25. The third-order valence-electron chi connectivity index (χ3n) is 9.49. The minimum Gasteiger partial charge on any atom is -0.379 e. The molecule has 49 heavy (non-hydrogen) atoms. The van der Waals surface area contributed by atoms with E-state index in [1.165, 1.54) is 167 Å². The van der Waals surface area contributed by atoms with Gasteiger partial charge in [-0.15, -0.1) is 0 Å². The molecule has 0 saturated carbocycles. The Labute approximate surface area is 302 Å². The van der Waals surface area contributed by atoms with Crippen LogP contribution in [0.5, 0.6) is 0 Å². The van der Waals surface area contributed by atoms with E-state index in [9.17, 15) is 21.6 Å². The highest BCUT2D eigenvalue weighted by Gasteiger charge is 2.47. The van der Waals surface area contributed by atoms with Crippen LogP contribution in [0.1, 0.15) is 219 Å². The van der Waals surface area contributed by atoms with E-state index in [0.29, 0.717) is 13.2 Å². The molecule has 0 aliphatic heterocycles. The maximum absolute atomic E-state index is 12.7. The molecule has 0 saturated heterocycles. The van der Waals surface area contributed by atoms with Crippen LogP contribution in [0.4, 0.5) is 13.2 Å². The molecular weight excluding hydrogens is 649 g/mol. The summed E-state index contributed by atoms with van der Waals surface area (Å²) in [6.45, 7) is 4.66. The summed E-state index contributed by atoms with van der Waals surface area (Å²) >= 11 is 0. The average Bonchev–Trinajstić information content (AvgIpc) is 3.07. The number of unbranched alkanes of at least 4 members (excludes halogenated alkanes) is 30. The Hall–Kier alpha value is -0.380. The summed E-state index contributed by atoms with van der Waals surface area (Å²) in [5.41, 5.74) is -5.44. The van der Waals surface area contributed by atoms with E-state index >= 15 is 0 Å². The Morgan fingerprint density at radius 2 is 0.714 bits per heavy atom. The minimum atomic E-state index is -5.65. The lowest BCUT2D eigenvalue weighted by molar-refractivity contribution is -0.0662. The maximum Gasteiger partial charge on any atom is 0.523 e. The highest BCUT2D eigenvalue weighted by molar-refractivity contribution is 7.87. The van der Waals surface area contributed by atoms with Crippen LogP contribution < -0.4 is 0 Å². The van der Waals surface area contributed by atoms with E-state index < -0.39 is 28.3 Å². The molecule has 0 radical (unpaired) electrons. The Morgan fingerprint density at radius 1 is 0.429 bits per heavy atom. The number of hydrogen-bond acceptors (Lipinski definition) is 5. The molecular formula is C40H79F3O5S. The van der Waals surface area contributed by atoms with E-state index in [4.69, 9.17) is 9.47 Å². The smallest absolute Gasteiger partial charge is 0.379 e. The SMILES string of the molecule is CCCCCCCCCCCCCCCCCCOC[C@@H](COS(=O)(=O)C(F)(F)F)OCCCCCCCCCCCCCCCCCC. The van der Waals surface area contributed by atoms with Crippen molar-refractivity contribution in [1.29, 1.82) is 0 Å². The zero-order valence-corrected chi connectivity index (χ0v) is 32.9. The van der Waals surface area contributed by atoms with Crippen molar-refractivity contribution < 1.29 is 35.2 Å². The third kappa shape index (κ3) is 34.5. The van der Waals surface area contributed by atoms with Gasteiger partial charge in [-0.1, -0.05) is 206 Å². The first-order valence-corrected chi connectivity index (χ1v) is 22.3. The number of hydrogen-bond donors (Lipinski definition) is 0. The summed E-state index contributed by atoms with van der Waals surface area (Å²) in [4.78, 5) is 0. The van der Waals surface area contributed by atoms with Gasteiger partial charge >= 0.3 is 15.6 Å². The van der Waals surface area contributed by atoms with Crippen LogP contribution in [-0.4, -0.2) is 46.5 Å². The standard InChI is InChI=1S/C40H79F3O5S/c1-3-5-7-9-11-13-15-17-19-21-23-25-27-29-31-33-35-46-37-39(38-48-49(44,45)40(41,42)43)47-36-34-32-30-28-26-24-22-20-18-16-14-12-10-8-6-4-2/h39H,3-38H2,1-2H3/t39-/m0/s1. The molecule has 0 aromatic rings. The molecule has 9 heteroatoms. The fraction of sp³-hybridized carbons (Fsp3) is 1.00. The molecule has 0 aromatic carbocycles. The first-order chi connectivity index (χ1) is 23.7. The van der Waals surface area contributed by atoms with E-state index in [1.54, 1.807) is 0 Å². The van der Waals surface area contributed by atoms with Crippen LogP contribution in [0, 0.1) is 0 Å². The topological polar surface area (TPSA) is 61.8 Å². The van der Waals surface area contributed by atoms with Gasteiger partial charge < -0.3 is 9.47 Å². The number of ether oxygens (including phenoxy) is 2. The summed E-state index contributed by atoms with van der Waals surface area (Å²) < 4.78 is 76.7. The molecule has 0 aromatic heterocycles. The summed E-state index contributed by atoms with van der Waals surface area (Å²) in [5.74, 6) is 0. The van der Waals surface area contributed by atoms with Crippen LogP contribution in [-0.2, 0) is 23.8 Å². The molecule has 0 rings (SSSR count). The van der Waals surface area contributed by atoms with Crippen molar-refractivity contribution in [3.05, 3.63) is 0 Å². The van der Waals surface area contributed by atoms with Crippen LogP contribution in [0.15, 0.2) is 0 Å². The van der Waals surface area contributed by atoms with E-state index in [0.717, 1.165) is 38.5 Å². The van der Waals surface area contributed by atoms with Crippen molar-refractivity contribution in [2.75, 3.05) is 26.4 Å². The lowest BCUT2D eigenvalue weighted by atomic mass is 10.0. The molecule has 1 atom stereocenters. The Morgan fingerprint density at radius 3 is 1.02 bits per heavy atom. The van der Waals surface area contributed by atoms with E-state index in [1.807, 2.05) is 0 Å². The summed E-state index contributed by atoms with van der Waals surface area (Å²) in [6.07, 6.45) is 39.8. The van der Waals surface area contributed by atoms with Gasteiger partial charge in [-0.25, -0.2) is 0 Å². The van der Waals surface area contributed by atoms with Crippen LogP contribution in [0.2, 0.25) is 0 Å². The van der Waals surface area contributed by atoms with Gasteiger partial charge in [0, 0.05) is 13.2 Å². The predicted molar refractivity (Wildman–Crippen MR) is 201 cm³/mol. The lowest BCUT2D eigenvalue weighted by Gasteiger charge is -2.18. The molecule has 5 nitrogen and oxygen atoms in total. The van der Waals surface area contributed by atoms with Gasteiger partial charge in [-0.3, -0.25) is 4.18 Å². The third-order valence-corrected chi connectivity index (χ3v) is 10.5. The normalized spacial score (nSPS) is 13.0. The van der Waals surface area contributed by atoms with Gasteiger partial charge in [-0.05, 0) is 12.8 Å². The van der Waals surface area contributed by atoms with Crippen molar-refractivity contribution in [2.45, 2.75) is 231 Å². The van der Waals surface area contributed by atoms with Gasteiger partial charge in [-0.2, -0.15) is 21.6 Å². The summed E-state index contributed by atoms with van der Waals surface area (Å²) in [6, 6.07) is 0. The van der Waals surface area contributed by atoms with E-state index in [-0.39, 0.29) is 6.61 Å². The minimum absolute atomic E-state index is 0.0188. The Kier molecular flexibility index (Phi) is 35.7. The largest absolute Gasteiger partial charge is 0.523 e. The van der Waals surface area contributed by atoms with Gasteiger partial charge in [0.25, 0.3) is 0 Å². The fourth-order valence-corrected chi connectivity index (χ4v) is 6.71. The van der Waals surface area contributed by atoms with E-state index in [2.05, 4.69) is 18.0 Å². The van der Waals surface area contributed by atoms with Crippen molar-refractivity contribution >= 4 is 10.1 Å². The first kappa shape index (κ1) is 48.6. The molecule has 0 heterocycles. The fourth-order valence-electron chi connectivity index (χ4n) is 6.24. The number of rotatable bonds is 40. The zero-order chi connectivity index (χ0) is 36.2. The second kappa shape index (κ2) is 36.0. The van der Waals surface area contributed by atoms with Crippen molar-refractivity contribution in [3.63, 3.8) is 0 Å². The van der Waals surface area contributed by atoms with Crippen molar-refractivity contribution in [1.82, 2.24) is 0 Å². The van der Waals surface area contributed by atoms with Crippen molar-refractivity contribution in [3.8, 4) is 0 Å². The molecule has 296 valence electrons. The highest BCUT2D eigenvalue weighted by atomic mass is 32.2. The Bertz CT molecular complexity index is 764. The number of halogens is 3. The lowest BCUT2D eigenvalue weighted by Crippen LogP contribution is -2.32.